The Bertz CT molecular complexity index is 401. The van der Waals surface area contributed by atoms with Crippen LogP contribution in [0.4, 0.5) is 0 Å². The monoisotopic (exact) mass is 250 g/mol. The number of nitrogens with one attached hydrogen (secondary N) is 2. The highest BCUT2D eigenvalue weighted by Crippen LogP contribution is 2.30. The maximum Gasteiger partial charge on any atom is 0.290 e. The van der Waals surface area contributed by atoms with Crippen LogP contribution in [0.3, 0.4) is 0 Å². The lowest BCUT2D eigenvalue weighted by Gasteiger charge is -2.14. The molecule has 2 atom stereocenters. The fraction of sp³-hybridized carbons (Fsp3) is 0.769. The molecule has 100 valence electrons. The quantitative estimate of drug-likeness (QED) is 0.838. The third kappa shape index (κ3) is 3.09. The summed E-state index contributed by atoms with van der Waals surface area (Å²) in [5.41, 5.74) is 0. The molecule has 1 fully saturated rings. The summed E-state index contributed by atoms with van der Waals surface area (Å²) in [6.07, 6.45) is 5.61. The number of H-pyrrole nitrogens is 1. The summed E-state index contributed by atoms with van der Waals surface area (Å²) in [5, 5.41) is 9.70. The molecule has 0 bridgehead atoms. The van der Waals surface area contributed by atoms with Crippen molar-refractivity contribution in [1.82, 2.24) is 20.5 Å². The van der Waals surface area contributed by atoms with Crippen molar-refractivity contribution in [3.05, 3.63) is 11.6 Å². The smallest absolute Gasteiger partial charge is 0.290 e. The van der Waals surface area contributed by atoms with Gasteiger partial charge in [0.05, 0.1) is 0 Å². The van der Waals surface area contributed by atoms with Crippen molar-refractivity contribution < 1.29 is 4.79 Å². The van der Waals surface area contributed by atoms with Crippen LogP contribution in [0.15, 0.2) is 0 Å². The number of aromatic nitrogens is 3. The molecule has 0 aliphatic heterocycles. The lowest BCUT2D eigenvalue weighted by molar-refractivity contribution is 0.0934. The standard InChI is InChI=1S/C13H22N4O/c1-3-5-11-15-12(17-16-11)13(18)14-8-10-7-4-6-9(10)2/h9-10H,3-8H2,1-2H3,(H,14,18)(H,15,16,17). The first-order valence-electron chi connectivity index (χ1n) is 6.90. The minimum Gasteiger partial charge on any atom is -0.349 e. The summed E-state index contributed by atoms with van der Waals surface area (Å²) < 4.78 is 0. The summed E-state index contributed by atoms with van der Waals surface area (Å²) in [5.74, 6) is 2.23. The van der Waals surface area contributed by atoms with Gasteiger partial charge in [-0.3, -0.25) is 9.89 Å². The van der Waals surface area contributed by atoms with Crippen LogP contribution in [0.2, 0.25) is 0 Å². The molecule has 1 aliphatic rings. The van der Waals surface area contributed by atoms with Gasteiger partial charge < -0.3 is 5.32 Å². The summed E-state index contributed by atoms with van der Waals surface area (Å²) in [7, 11) is 0. The molecule has 2 rings (SSSR count). The van der Waals surface area contributed by atoms with Gasteiger partial charge in [0.2, 0.25) is 5.82 Å². The summed E-state index contributed by atoms with van der Waals surface area (Å²) in [4.78, 5) is 16.1. The predicted octanol–water partition coefficient (Wildman–Crippen LogP) is 1.92. The Kier molecular flexibility index (Phi) is 4.33. The number of hydrogen-bond acceptors (Lipinski definition) is 3. The average Bonchev–Trinajstić information content (AvgIpc) is 2.96. The molecule has 1 aromatic rings. The van der Waals surface area contributed by atoms with E-state index in [1.807, 2.05) is 0 Å². The van der Waals surface area contributed by atoms with E-state index in [9.17, 15) is 4.79 Å². The van der Waals surface area contributed by atoms with Crippen molar-refractivity contribution in [2.75, 3.05) is 6.54 Å². The fourth-order valence-electron chi connectivity index (χ4n) is 2.57. The third-order valence-electron chi connectivity index (χ3n) is 3.79. The van der Waals surface area contributed by atoms with Crippen molar-refractivity contribution in [2.24, 2.45) is 11.8 Å². The van der Waals surface area contributed by atoms with Crippen molar-refractivity contribution in [3.63, 3.8) is 0 Å². The summed E-state index contributed by atoms with van der Waals surface area (Å²) in [6, 6.07) is 0. The Balaban J connectivity index is 1.83. The maximum absolute atomic E-state index is 11.9. The van der Waals surface area contributed by atoms with Gasteiger partial charge in [0.15, 0.2) is 0 Å². The molecule has 2 unspecified atom stereocenters. The number of amides is 1. The number of hydrogen-bond donors (Lipinski definition) is 2. The summed E-state index contributed by atoms with van der Waals surface area (Å²) in [6.45, 7) is 5.08. The molecule has 1 heterocycles. The van der Waals surface area contributed by atoms with Gasteiger partial charge in [0.1, 0.15) is 5.82 Å². The number of carbonyl (C=O) groups excluding carboxylic acids is 1. The Labute approximate surface area is 108 Å². The largest absolute Gasteiger partial charge is 0.349 e. The molecule has 1 amide bonds. The zero-order valence-corrected chi connectivity index (χ0v) is 11.2. The van der Waals surface area contributed by atoms with Crippen LogP contribution in [-0.2, 0) is 6.42 Å². The highest BCUT2D eigenvalue weighted by molar-refractivity contribution is 5.90. The molecule has 1 saturated carbocycles. The molecule has 0 spiro atoms. The van der Waals surface area contributed by atoms with Crippen molar-refractivity contribution >= 4 is 5.91 Å². The van der Waals surface area contributed by atoms with Gasteiger partial charge >= 0.3 is 0 Å². The minimum atomic E-state index is -0.160. The lowest BCUT2D eigenvalue weighted by atomic mass is 9.98. The van der Waals surface area contributed by atoms with E-state index in [1.165, 1.54) is 19.3 Å². The number of carbonyl (C=O) groups is 1. The van der Waals surface area contributed by atoms with Gasteiger partial charge in [-0.25, -0.2) is 4.98 Å². The average molecular weight is 250 g/mol. The molecule has 5 nitrogen and oxygen atoms in total. The number of aromatic amines is 1. The van der Waals surface area contributed by atoms with Gasteiger partial charge in [-0.1, -0.05) is 26.7 Å². The molecule has 1 aromatic heterocycles. The first-order chi connectivity index (χ1) is 8.70. The maximum atomic E-state index is 11.9. The van der Waals surface area contributed by atoms with Crippen LogP contribution >= 0.6 is 0 Å². The Morgan fingerprint density at radius 3 is 3.00 bits per heavy atom. The van der Waals surface area contributed by atoms with Crippen molar-refractivity contribution in [2.45, 2.75) is 46.0 Å². The molecule has 1 aliphatic carbocycles. The normalized spacial score (nSPS) is 23.2. The molecule has 5 heteroatoms. The van der Waals surface area contributed by atoms with Crippen LogP contribution < -0.4 is 5.32 Å². The van der Waals surface area contributed by atoms with Gasteiger partial charge in [-0.05, 0) is 24.7 Å². The number of rotatable bonds is 5. The lowest BCUT2D eigenvalue weighted by Crippen LogP contribution is -2.31. The highest BCUT2D eigenvalue weighted by Gasteiger charge is 2.24. The molecule has 2 N–H and O–H groups in total. The van der Waals surface area contributed by atoms with E-state index in [0.29, 0.717) is 11.8 Å². The SMILES string of the molecule is CCCc1nc(C(=O)NCC2CCCC2C)n[nH]1. The predicted molar refractivity (Wildman–Crippen MR) is 69.2 cm³/mol. The van der Waals surface area contributed by atoms with E-state index in [4.69, 9.17) is 0 Å². The molecule has 0 radical (unpaired) electrons. The Morgan fingerprint density at radius 1 is 1.50 bits per heavy atom. The van der Waals surface area contributed by atoms with Crippen molar-refractivity contribution in [3.8, 4) is 0 Å². The second-order valence-electron chi connectivity index (χ2n) is 5.23. The molecule has 18 heavy (non-hydrogen) atoms. The van der Waals surface area contributed by atoms with E-state index in [-0.39, 0.29) is 11.7 Å². The number of aryl methyl sites for hydroxylation is 1. The number of nitrogens with zero attached hydrogens (tertiary/aromatic N) is 2. The van der Waals surface area contributed by atoms with E-state index < -0.39 is 0 Å². The van der Waals surface area contributed by atoms with Crippen LogP contribution in [0.5, 0.6) is 0 Å². The van der Waals surface area contributed by atoms with E-state index in [1.54, 1.807) is 0 Å². The fourth-order valence-corrected chi connectivity index (χ4v) is 2.57. The molecule has 0 saturated heterocycles. The van der Waals surface area contributed by atoms with Gasteiger partial charge in [0, 0.05) is 13.0 Å². The van der Waals surface area contributed by atoms with E-state index >= 15 is 0 Å². The third-order valence-corrected chi connectivity index (χ3v) is 3.79. The van der Waals surface area contributed by atoms with Crippen LogP contribution in [-0.4, -0.2) is 27.6 Å². The molecular weight excluding hydrogens is 228 g/mol. The van der Waals surface area contributed by atoms with Crippen LogP contribution in [0.1, 0.15) is 56.0 Å². The summed E-state index contributed by atoms with van der Waals surface area (Å²) >= 11 is 0. The highest BCUT2D eigenvalue weighted by atomic mass is 16.2. The topological polar surface area (TPSA) is 70.7 Å². The zero-order valence-electron chi connectivity index (χ0n) is 11.2. The minimum absolute atomic E-state index is 0.160. The first-order valence-corrected chi connectivity index (χ1v) is 6.90. The molecule has 0 aromatic carbocycles. The second-order valence-corrected chi connectivity index (χ2v) is 5.23. The van der Waals surface area contributed by atoms with E-state index in [2.05, 4.69) is 34.3 Å². The first kappa shape index (κ1) is 13.1. The molecular formula is C13H22N4O. The Morgan fingerprint density at radius 2 is 2.33 bits per heavy atom. The van der Waals surface area contributed by atoms with Crippen molar-refractivity contribution in [1.29, 1.82) is 0 Å². The van der Waals surface area contributed by atoms with Gasteiger partial charge in [0.25, 0.3) is 5.91 Å². The zero-order chi connectivity index (χ0) is 13.0. The van der Waals surface area contributed by atoms with Gasteiger partial charge in [-0.2, -0.15) is 0 Å². The van der Waals surface area contributed by atoms with E-state index in [0.717, 1.165) is 25.2 Å². The Hall–Kier alpha value is -1.39. The van der Waals surface area contributed by atoms with Gasteiger partial charge in [-0.15, -0.1) is 5.10 Å². The van der Waals surface area contributed by atoms with Crippen LogP contribution in [0, 0.1) is 11.8 Å². The second kappa shape index (κ2) is 5.98. The van der Waals surface area contributed by atoms with Crippen LogP contribution in [0.25, 0.3) is 0 Å².